The fourth-order valence-electron chi connectivity index (χ4n) is 4.31. The van der Waals surface area contributed by atoms with Crippen LogP contribution in [0.15, 0.2) is 60.3 Å². The van der Waals surface area contributed by atoms with E-state index in [1.807, 2.05) is 49.4 Å². The second-order valence-corrected chi connectivity index (χ2v) is 8.17. The van der Waals surface area contributed by atoms with Crippen LogP contribution in [0.3, 0.4) is 0 Å². The van der Waals surface area contributed by atoms with E-state index in [9.17, 15) is 9.59 Å². The van der Waals surface area contributed by atoms with Crippen molar-refractivity contribution < 1.29 is 14.3 Å². The summed E-state index contributed by atoms with van der Waals surface area (Å²) >= 11 is 0. The van der Waals surface area contributed by atoms with Crippen molar-refractivity contribution in [3.05, 3.63) is 65.9 Å². The van der Waals surface area contributed by atoms with Crippen molar-refractivity contribution >= 4 is 23.1 Å². The van der Waals surface area contributed by atoms with E-state index in [0.29, 0.717) is 37.5 Å². The summed E-state index contributed by atoms with van der Waals surface area (Å²) in [5.74, 6) is 0.405. The standard InChI is InChI=1S/C26H31N3O3/c1-3-14-29-25(30)23(20-10-12-22(13-11-20)32-19-4-2)24(26(29)31)28-17-15-27(16-18-28)21-8-6-5-7-9-21/h5-13H,3-4,14-19H2,1-2H3. The van der Waals surface area contributed by atoms with Gasteiger partial charge in [-0.05, 0) is 42.7 Å². The van der Waals surface area contributed by atoms with Gasteiger partial charge in [0, 0.05) is 38.4 Å². The first-order valence-electron chi connectivity index (χ1n) is 11.5. The minimum absolute atomic E-state index is 0.175. The molecule has 2 aromatic carbocycles. The summed E-state index contributed by atoms with van der Waals surface area (Å²) < 4.78 is 5.68. The van der Waals surface area contributed by atoms with E-state index in [2.05, 4.69) is 28.9 Å². The molecular formula is C26H31N3O3. The third kappa shape index (κ3) is 4.35. The number of carbonyl (C=O) groups is 2. The van der Waals surface area contributed by atoms with Gasteiger partial charge in [0.1, 0.15) is 11.4 Å². The van der Waals surface area contributed by atoms with Gasteiger partial charge in [0.25, 0.3) is 11.8 Å². The summed E-state index contributed by atoms with van der Waals surface area (Å²) in [7, 11) is 0. The highest BCUT2D eigenvalue weighted by molar-refractivity contribution is 6.35. The molecule has 2 heterocycles. The average molecular weight is 434 g/mol. The molecule has 2 amide bonds. The summed E-state index contributed by atoms with van der Waals surface area (Å²) in [5, 5.41) is 0. The van der Waals surface area contributed by atoms with Crippen LogP contribution in [0, 0.1) is 0 Å². The molecule has 0 radical (unpaired) electrons. The lowest BCUT2D eigenvalue weighted by Gasteiger charge is -2.37. The second kappa shape index (κ2) is 9.90. The number of hydrogen-bond donors (Lipinski definition) is 0. The number of ether oxygens (including phenoxy) is 1. The van der Waals surface area contributed by atoms with Crippen molar-refractivity contribution in [1.29, 1.82) is 0 Å². The maximum Gasteiger partial charge on any atom is 0.277 e. The molecule has 2 aromatic rings. The molecule has 0 saturated carbocycles. The van der Waals surface area contributed by atoms with E-state index >= 15 is 0 Å². The largest absolute Gasteiger partial charge is 0.494 e. The van der Waals surface area contributed by atoms with Crippen LogP contribution in [0.2, 0.25) is 0 Å². The molecule has 6 nitrogen and oxygen atoms in total. The van der Waals surface area contributed by atoms with E-state index in [1.165, 1.54) is 10.6 Å². The van der Waals surface area contributed by atoms with Crippen LogP contribution in [0.25, 0.3) is 5.57 Å². The first-order chi connectivity index (χ1) is 15.6. The minimum atomic E-state index is -0.195. The minimum Gasteiger partial charge on any atom is -0.494 e. The van der Waals surface area contributed by atoms with Crippen LogP contribution in [0.1, 0.15) is 32.3 Å². The first-order valence-corrected chi connectivity index (χ1v) is 11.5. The molecule has 1 saturated heterocycles. The zero-order valence-electron chi connectivity index (χ0n) is 18.9. The van der Waals surface area contributed by atoms with E-state index < -0.39 is 0 Å². The molecule has 1 fully saturated rings. The molecule has 2 aliphatic heterocycles. The van der Waals surface area contributed by atoms with Gasteiger partial charge in [-0.15, -0.1) is 0 Å². The number of amides is 2. The fraction of sp³-hybridized carbons (Fsp3) is 0.385. The molecule has 0 atom stereocenters. The summed E-state index contributed by atoms with van der Waals surface area (Å²) in [5.41, 5.74) is 3.01. The maximum atomic E-state index is 13.3. The van der Waals surface area contributed by atoms with E-state index in [4.69, 9.17) is 4.74 Å². The Kier molecular flexibility index (Phi) is 6.78. The number of piperazine rings is 1. The third-order valence-electron chi connectivity index (χ3n) is 5.92. The number of para-hydroxylation sites is 1. The van der Waals surface area contributed by atoms with Gasteiger partial charge < -0.3 is 14.5 Å². The number of anilines is 1. The molecule has 0 N–H and O–H groups in total. The molecule has 32 heavy (non-hydrogen) atoms. The number of hydrogen-bond acceptors (Lipinski definition) is 5. The van der Waals surface area contributed by atoms with Crippen LogP contribution >= 0.6 is 0 Å². The second-order valence-electron chi connectivity index (χ2n) is 8.17. The van der Waals surface area contributed by atoms with Gasteiger partial charge in [0.05, 0.1) is 12.2 Å². The van der Waals surface area contributed by atoms with Crippen molar-refractivity contribution in [2.75, 3.05) is 44.2 Å². The van der Waals surface area contributed by atoms with Crippen LogP contribution in [0.5, 0.6) is 5.75 Å². The zero-order valence-corrected chi connectivity index (χ0v) is 18.9. The van der Waals surface area contributed by atoms with Crippen molar-refractivity contribution in [2.24, 2.45) is 0 Å². The molecule has 0 unspecified atom stereocenters. The van der Waals surface area contributed by atoms with Crippen molar-refractivity contribution in [3.63, 3.8) is 0 Å². The molecule has 0 spiro atoms. The lowest BCUT2D eigenvalue weighted by Crippen LogP contribution is -2.47. The highest BCUT2D eigenvalue weighted by Crippen LogP contribution is 2.33. The molecule has 4 rings (SSSR count). The van der Waals surface area contributed by atoms with Gasteiger partial charge >= 0.3 is 0 Å². The molecule has 0 aromatic heterocycles. The Hall–Kier alpha value is -3.28. The maximum absolute atomic E-state index is 13.3. The van der Waals surface area contributed by atoms with Crippen LogP contribution in [-0.4, -0.2) is 60.9 Å². The highest BCUT2D eigenvalue weighted by Gasteiger charge is 2.41. The summed E-state index contributed by atoms with van der Waals surface area (Å²) in [6, 6.07) is 17.8. The highest BCUT2D eigenvalue weighted by atomic mass is 16.5. The van der Waals surface area contributed by atoms with Gasteiger partial charge in [-0.25, -0.2) is 0 Å². The predicted molar refractivity (Wildman–Crippen MR) is 126 cm³/mol. The van der Waals surface area contributed by atoms with Crippen LogP contribution in [-0.2, 0) is 9.59 Å². The Balaban J connectivity index is 1.60. The number of imide groups is 1. The van der Waals surface area contributed by atoms with E-state index in [1.54, 1.807) is 0 Å². The predicted octanol–water partition coefficient (Wildman–Crippen LogP) is 3.79. The summed E-state index contributed by atoms with van der Waals surface area (Å²) in [6.45, 7) is 8.15. The Morgan fingerprint density at radius 2 is 1.44 bits per heavy atom. The van der Waals surface area contributed by atoms with Crippen molar-refractivity contribution in [2.45, 2.75) is 26.7 Å². The monoisotopic (exact) mass is 433 g/mol. The van der Waals surface area contributed by atoms with Crippen LogP contribution < -0.4 is 9.64 Å². The topological polar surface area (TPSA) is 53.1 Å². The Morgan fingerprint density at radius 3 is 2.06 bits per heavy atom. The molecular weight excluding hydrogens is 402 g/mol. The molecule has 168 valence electrons. The number of carbonyl (C=O) groups excluding carboxylic acids is 2. The Bertz CT molecular complexity index is 977. The van der Waals surface area contributed by atoms with Gasteiger partial charge in [-0.2, -0.15) is 0 Å². The molecule has 6 heteroatoms. The lowest BCUT2D eigenvalue weighted by molar-refractivity contribution is -0.137. The van der Waals surface area contributed by atoms with Gasteiger partial charge in [-0.1, -0.05) is 44.2 Å². The SMILES string of the molecule is CCCOc1ccc(C2=C(N3CCN(c4ccccc4)CC3)C(=O)N(CCC)C2=O)cc1. The smallest absolute Gasteiger partial charge is 0.277 e. The van der Waals surface area contributed by atoms with E-state index in [-0.39, 0.29) is 11.8 Å². The zero-order chi connectivity index (χ0) is 22.5. The van der Waals surface area contributed by atoms with E-state index in [0.717, 1.165) is 37.2 Å². The molecule has 2 aliphatic rings. The third-order valence-corrected chi connectivity index (χ3v) is 5.92. The molecule has 0 bridgehead atoms. The normalized spacial score (nSPS) is 16.9. The number of nitrogens with zero attached hydrogens (tertiary/aromatic N) is 3. The van der Waals surface area contributed by atoms with Crippen LogP contribution in [0.4, 0.5) is 5.69 Å². The quantitative estimate of drug-likeness (QED) is 0.593. The van der Waals surface area contributed by atoms with Gasteiger partial charge in [0.15, 0.2) is 0 Å². The summed E-state index contributed by atoms with van der Waals surface area (Å²) in [6.07, 6.45) is 1.68. The molecule has 0 aliphatic carbocycles. The Morgan fingerprint density at radius 1 is 0.781 bits per heavy atom. The van der Waals surface area contributed by atoms with Gasteiger partial charge in [0.2, 0.25) is 0 Å². The number of rotatable bonds is 8. The van der Waals surface area contributed by atoms with Gasteiger partial charge in [-0.3, -0.25) is 14.5 Å². The Labute approximate surface area is 190 Å². The number of benzene rings is 2. The fourth-order valence-corrected chi connectivity index (χ4v) is 4.31. The van der Waals surface area contributed by atoms with Crippen molar-refractivity contribution in [1.82, 2.24) is 9.80 Å². The lowest BCUT2D eigenvalue weighted by atomic mass is 10.0. The summed E-state index contributed by atoms with van der Waals surface area (Å²) in [4.78, 5) is 32.4. The van der Waals surface area contributed by atoms with Crippen molar-refractivity contribution in [3.8, 4) is 5.75 Å². The first kappa shape index (κ1) is 21.9. The average Bonchev–Trinajstić information content (AvgIpc) is 3.09.